The first-order valence-corrected chi connectivity index (χ1v) is 22.9. The van der Waals surface area contributed by atoms with E-state index < -0.39 is 0 Å². The van der Waals surface area contributed by atoms with Crippen LogP contribution in [0.25, 0.3) is 11.1 Å². The molecule has 9 saturated carbocycles. The predicted molar refractivity (Wildman–Crippen MR) is 218 cm³/mol. The first kappa shape index (κ1) is 39.3. The van der Waals surface area contributed by atoms with Crippen molar-refractivity contribution in [1.82, 2.24) is 0 Å². The zero-order valence-electron chi connectivity index (χ0n) is 34.6. The molecule has 13 aliphatic rings. The van der Waals surface area contributed by atoms with E-state index in [2.05, 4.69) is 82.3 Å². The molecule has 0 heterocycles. The molecular weight excluding hydrogens is 799 g/mol. The van der Waals surface area contributed by atoms with Gasteiger partial charge in [-0.1, -0.05) is 93.5 Å². The smallest absolute Gasteiger partial charge is 1.00 e. The fourth-order valence-corrected chi connectivity index (χ4v) is 18.1. The van der Waals surface area contributed by atoms with Crippen LogP contribution in [0.5, 0.6) is 0 Å². The summed E-state index contributed by atoms with van der Waals surface area (Å²) in [4.78, 5) is 0. The van der Waals surface area contributed by atoms with Crippen LogP contribution in [0.1, 0.15) is 159 Å². The maximum Gasteiger partial charge on any atom is 2.00 e. The summed E-state index contributed by atoms with van der Waals surface area (Å²) in [5, 5.41) is 0. The third-order valence-corrected chi connectivity index (χ3v) is 19.5. The van der Waals surface area contributed by atoms with Crippen molar-refractivity contribution in [2.45, 2.75) is 147 Å². The molecule has 15 rings (SSSR count). The number of benzene rings is 2. The number of halogens is 2. The Morgan fingerprint density at radius 2 is 1.07 bits per heavy atom. The Bertz CT molecular complexity index is 1890. The van der Waals surface area contributed by atoms with Crippen LogP contribution in [0, 0.1) is 70.0 Å². The molecule has 0 N–H and O–H groups in total. The van der Waals surface area contributed by atoms with Gasteiger partial charge in [0, 0.05) is 11.3 Å². The van der Waals surface area contributed by atoms with E-state index in [1.54, 1.807) is 44.5 Å². The van der Waals surface area contributed by atoms with Gasteiger partial charge < -0.3 is 24.8 Å². The van der Waals surface area contributed by atoms with Gasteiger partial charge in [-0.2, -0.15) is 0 Å². The molecule has 10 bridgehead atoms. The number of hydrogen-bond acceptors (Lipinski definition) is 0. The second-order valence-electron chi connectivity index (χ2n) is 23.6. The quantitative estimate of drug-likeness (QED) is 0.278. The monoisotopic (exact) mass is 860 g/mol. The van der Waals surface area contributed by atoms with Gasteiger partial charge in [0.05, 0.1) is 0 Å². The molecule has 5 unspecified atom stereocenters. The Morgan fingerprint density at radius 3 is 1.48 bits per heavy atom. The molecule has 3 heteroatoms. The van der Waals surface area contributed by atoms with E-state index in [-0.39, 0.29) is 61.8 Å². The Balaban J connectivity index is 0.00000128. The van der Waals surface area contributed by atoms with Crippen LogP contribution in [0.3, 0.4) is 0 Å². The van der Waals surface area contributed by atoms with Crippen LogP contribution in [-0.4, -0.2) is 0 Å². The first-order chi connectivity index (χ1) is 25.5. The molecule has 0 radical (unpaired) electrons. The Labute approximate surface area is 370 Å². The first-order valence-electron chi connectivity index (χ1n) is 22.9. The SMILES string of the molecule is CC(C)(C)C1=CC2=C(C1)C(C1CC3C=CC1C3)CC2(C)C1c2ccc(C34CC5CC(CC(C5)C3)C4)cc2-c2cc(C34CC5CC(CC(C5)C3)C4)ccc21.[Cl-].[Cl-].[Zr+2]. The minimum Gasteiger partial charge on any atom is -1.00 e. The van der Waals surface area contributed by atoms with E-state index in [4.69, 9.17) is 0 Å². The van der Waals surface area contributed by atoms with Crippen molar-refractivity contribution in [3.8, 4) is 11.1 Å². The molecule has 0 aliphatic heterocycles. The summed E-state index contributed by atoms with van der Waals surface area (Å²) in [6, 6.07) is 16.6. The molecule has 0 aromatic heterocycles. The summed E-state index contributed by atoms with van der Waals surface area (Å²) < 4.78 is 0. The van der Waals surface area contributed by atoms with E-state index in [0.29, 0.717) is 16.7 Å². The zero-order chi connectivity index (χ0) is 35.2. The Hall–Kier alpha value is -0.877. The van der Waals surface area contributed by atoms with Gasteiger partial charge in [-0.15, -0.1) is 0 Å². The van der Waals surface area contributed by atoms with Crippen molar-refractivity contribution in [3.63, 3.8) is 0 Å². The summed E-state index contributed by atoms with van der Waals surface area (Å²) >= 11 is 0. The van der Waals surface area contributed by atoms with E-state index in [9.17, 15) is 0 Å². The molecule has 294 valence electrons. The molecule has 9 fully saturated rings. The van der Waals surface area contributed by atoms with Gasteiger partial charge in [0.1, 0.15) is 0 Å². The third-order valence-electron chi connectivity index (χ3n) is 19.5. The van der Waals surface area contributed by atoms with Gasteiger partial charge >= 0.3 is 26.2 Å². The van der Waals surface area contributed by atoms with Crippen LogP contribution in [-0.2, 0) is 37.0 Å². The van der Waals surface area contributed by atoms with Gasteiger partial charge in [0.25, 0.3) is 0 Å². The van der Waals surface area contributed by atoms with Crippen LogP contribution >= 0.6 is 0 Å². The Morgan fingerprint density at radius 1 is 0.589 bits per heavy atom. The van der Waals surface area contributed by atoms with E-state index >= 15 is 0 Å². The summed E-state index contributed by atoms with van der Waals surface area (Å²) in [7, 11) is 0. The number of allylic oxidation sites excluding steroid dienone is 6. The van der Waals surface area contributed by atoms with Gasteiger partial charge in [-0.25, -0.2) is 0 Å². The van der Waals surface area contributed by atoms with Crippen molar-refractivity contribution in [3.05, 3.63) is 93.6 Å². The minimum atomic E-state index is 0. The molecule has 5 atom stereocenters. The van der Waals surface area contributed by atoms with Crippen molar-refractivity contribution in [1.29, 1.82) is 0 Å². The standard InChI is InChI=1S/C53H64.2ClH.Zr/c1-50(2,3)40-21-46-47(43-18-30-5-6-37(43)17-30)29-51(4,48(46)22-40)49-41-9-7-38(52-23-31-11-32(24-52)13-33(12-31)25-52)19-44(41)45-20-39(8-10-42(45)49)53-26-34-14-35(27-53)16-36(15-34)28-53;;;/h5-10,19-20,22,30-37,43,47,49H,11-18,21,23-29H2,1-4H3;2*1H;/q;;;+2/p-2. The fraction of sp³-hybridized carbons (Fsp3) is 0.660. The minimum absolute atomic E-state index is 0. The van der Waals surface area contributed by atoms with Crippen LogP contribution in [0.15, 0.2) is 71.3 Å². The predicted octanol–water partition coefficient (Wildman–Crippen LogP) is 7.65. The fourth-order valence-electron chi connectivity index (χ4n) is 18.1. The zero-order valence-corrected chi connectivity index (χ0v) is 38.6. The number of hydrogen-bond donors (Lipinski definition) is 0. The molecular formula is C53H64Cl2Zr. The van der Waals surface area contributed by atoms with Crippen LogP contribution < -0.4 is 24.8 Å². The topological polar surface area (TPSA) is 0 Å². The molecule has 2 aromatic carbocycles. The van der Waals surface area contributed by atoms with Crippen LogP contribution in [0.4, 0.5) is 0 Å². The Kier molecular flexibility index (Phi) is 9.16. The van der Waals surface area contributed by atoms with Gasteiger partial charge in [-0.3, -0.25) is 0 Å². The van der Waals surface area contributed by atoms with Crippen molar-refractivity contribution >= 4 is 0 Å². The largest absolute Gasteiger partial charge is 2.00 e. The maximum absolute atomic E-state index is 2.85. The van der Waals surface area contributed by atoms with Gasteiger partial charge in [0.2, 0.25) is 0 Å². The average molecular weight is 863 g/mol. The normalized spacial score (nSPS) is 45.0. The maximum atomic E-state index is 2.85. The number of fused-ring (bicyclic) bond motifs is 5. The van der Waals surface area contributed by atoms with E-state index in [0.717, 1.165) is 59.2 Å². The molecule has 2 aromatic rings. The average Bonchev–Trinajstić information content (AvgIpc) is 3.94. The second-order valence-corrected chi connectivity index (χ2v) is 23.6. The van der Waals surface area contributed by atoms with Crippen molar-refractivity contribution in [2.75, 3.05) is 0 Å². The summed E-state index contributed by atoms with van der Waals surface area (Å²) in [6.45, 7) is 10.2. The second kappa shape index (κ2) is 13.1. The van der Waals surface area contributed by atoms with Gasteiger partial charge in [-0.05, 0) is 217 Å². The van der Waals surface area contributed by atoms with Gasteiger partial charge in [0.15, 0.2) is 0 Å². The summed E-state index contributed by atoms with van der Waals surface area (Å²) in [5.41, 5.74) is 16.8. The molecule has 0 nitrogen and oxygen atoms in total. The number of rotatable bonds is 4. The molecule has 0 saturated heterocycles. The molecule has 13 aliphatic carbocycles. The molecule has 0 spiro atoms. The van der Waals surface area contributed by atoms with Crippen molar-refractivity contribution < 1.29 is 51.0 Å². The molecule has 56 heavy (non-hydrogen) atoms. The van der Waals surface area contributed by atoms with E-state index in [1.807, 2.05) is 5.57 Å². The molecule has 0 amide bonds. The third kappa shape index (κ3) is 5.42. The summed E-state index contributed by atoms with van der Waals surface area (Å²) in [6.07, 6.45) is 31.4. The van der Waals surface area contributed by atoms with E-state index in [1.165, 1.54) is 103 Å². The summed E-state index contributed by atoms with van der Waals surface area (Å²) in [5.74, 6) is 9.65. The van der Waals surface area contributed by atoms with Crippen molar-refractivity contribution in [2.24, 2.45) is 70.0 Å². The van der Waals surface area contributed by atoms with Crippen LogP contribution in [0.2, 0.25) is 0 Å².